The van der Waals surface area contributed by atoms with Gasteiger partial charge in [-0.1, -0.05) is 18.2 Å². The second-order valence-electron chi connectivity index (χ2n) is 8.08. The third-order valence-corrected chi connectivity index (χ3v) is 6.06. The predicted octanol–water partition coefficient (Wildman–Crippen LogP) is 3.03. The number of fused-ring (bicyclic) bond motifs is 1. The minimum absolute atomic E-state index is 0.0372. The fourth-order valence-electron chi connectivity index (χ4n) is 3.20. The van der Waals surface area contributed by atoms with Gasteiger partial charge in [0.2, 0.25) is 5.91 Å². The van der Waals surface area contributed by atoms with E-state index in [0.29, 0.717) is 16.3 Å². The Balaban J connectivity index is 1.65. The monoisotopic (exact) mass is 471 g/mol. The number of nitrogens with one attached hydrogen (secondary N) is 2. The molecule has 0 fully saturated rings. The van der Waals surface area contributed by atoms with Gasteiger partial charge in [0, 0.05) is 6.04 Å². The zero-order valence-electron chi connectivity index (χ0n) is 18.5. The number of alkyl carbamates (subject to hydrolysis) is 1. The van der Waals surface area contributed by atoms with Gasteiger partial charge in [0.05, 0.1) is 23.0 Å². The van der Waals surface area contributed by atoms with E-state index in [9.17, 15) is 13.8 Å². The number of hydrogen-bond donors (Lipinski definition) is 3. The molecule has 3 N–H and O–H groups in total. The Hall–Kier alpha value is -3.55. The molecule has 1 aliphatic heterocycles. The molecular weight excluding hydrogens is 446 g/mol. The number of benzene rings is 2. The Morgan fingerprint density at radius 2 is 1.85 bits per heavy atom. The second kappa shape index (κ2) is 10.4. The normalized spacial score (nSPS) is 16.8. The fourth-order valence-corrected chi connectivity index (χ4v) is 4.74. The molecule has 2 atom stereocenters. The summed E-state index contributed by atoms with van der Waals surface area (Å²) >= 11 is 0. The minimum atomic E-state index is -1.51. The lowest BCUT2D eigenvalue weighted by Gasteiger charge is -2.25. The molecule has 0 saturated heterocycles. The number of hydroxylamine groups is 1. The molecule has 0 aliphatic carbocycles. The number of amides is 2. The van der Waals surface area contributed by atoms with Crippen LogP contribution in [0.25, 0.3) is 0 Å². The first-order valence-corrected chi connectivity index (χ1v) is 11.2. The van der Waals surface area contributed by atoms with Gasteiger partial charge in [-0.25, -0.2) is 19.8 Å². The first kappa shape index (κ1) is 24.1. The first-order chi connectivity index (χ1) is 15.7. The van der Waals surface area contributed by atoms with Crippen LogP contribution in [0.15, 0.2) is 53.4 Å². The molecule has 1 aliphatic rings. The molecule has 0 radical (unpaired) electrons. The van der Waals surface area contributed by atoms with Crippen molar-refractivity contribution in [2.24, 2.45) is 0 Å². The number of carbonyl (C=O) groups is 2. The first-order valence-electron chi connectivity index (χ1n) is 10.1. The highest BCUT2D eigenvalue weighted by molar-refractivity contribution is 7.87. The highest BCUT2D eigenvalue weighted by Crippen LogP contribution is 2.42. The molecule has 33 heavy (non-hydrogen) atoms. The summed E-state index contributed by atoms with van der Waals surface area (Å²) in [4.78, 5) is 24.0. The topological polar surface area (TPSA) is 117 Å². The maximum absolute atomic E-state index is 13.1. The lowest BCUT2D eigenvalue weighted by Crippen LogP contribution is -2.30. The van der Waals surface area contributed by atoms with E-state index in [1.807, 2.05) is 12.1 Å². The maximum Gasteiger partial charge on any atom is 0.419 e. The Kier molecular flexibility index (Phi) is 7.58. The molecule has 0 bridgehead atoms. The molecule has 9 nitrogen and oxygen atoms in total. The summed E-state index contributed by atoms with van der Waals surface area (Å²) in [6.45, 7) is 5.31. The molecule has 1 heterocycles. The highest BCUT2D eigenvalue weighted by Gasteiger charge is 2.37. The average Bonchev–Trinajstić information content (AvgIpc) is 3.04. The second-order valence-corrected chi connectivity index (χ2v) is 9.41. The van der Waals surface area contributed by atoms with Crippen molar-refractivity contribution in [3.63, 3.8) is 0 Å². The van der Waals surface area contributed by atoms with Gasteiger partial charge in [-0.2, -0.15) is 0 Å². The summed E-state index contributed by atoms with van der Waals surface area (Å²) in [7, 11) is -1.51. The average molecular weight is 472 g/mol. The number of anilines is 1. The molecular formula is C23H25N3O6S. The zero-order chi connectivity index (χ0) is 24.0. The number of ether oxygens (including phenoxy) is 2. The smallest absolute Gasteiger partial charge is 0.419 e. The molecule has 0 spiro atoms. The maximum atomic E-state index is 13.1. The number of rotatable bonds is 5. The molecule has 0 aromatic heterocycles. The van der Waals surface area contributed by atoms with Crippen molar-refractivity contribution in [2.75, 3.05) is 10.9 Å². The van der Waals surface area contributed by atoms with Crippen LogP contribution in [0.3, 0.4) is 0 Å². The minimum Gasteiger partial charge on any atom is -0.481 e. The van der Waals surface area contributed by atoms with Crippen LogP contribution < -0.4 is 19.8 Å². The predicted molar refractivity (Wildman–Crippen MR) is 122 cm³/mol. The van der Waals surface area contributed by atoms with E-state index in [1.165, 1.54) is 0 Å². The number of nitrogens with zero attached hydrogens (tertiary/aromatic N) is 1. The standard InChI is InChI=1S/C23H25N3O6S/c1-23(2,3)32-22(28)24-13-6-14-31-17-11-9-16(10-12-17)26-19(15-21(27)25-29)18-7-4-5-8-20(18)33(26)30/h4-5,7-12,19,29H,14-15H2,1-3H3,(H,24,28)(H,25,27). The van der Waals surface area contributed by atoms with Crippen LogP contribution in [0, 0.1) is 12.0 Å². The van der Waals surface area contributed by atoms with Crippen LogP contribution in [0.1, 0.15) is 38.8 Å². The van der Waals surface area contributed by atoms with Gasteiger partial charge in [0.15, 0.2) is 17.6 Å². The Morgan fingerprint density at radius 3 is 2.52 bits per heavy atom. The third-order valence-electron chi connectivity index (χ3n) is 4.49. The summed E-state index contributed by atoms with van der Waals surface area (Å²) in [5.74, 6) is 2.62. The number of hydrogen-bond acceptors (Lipinski definition) is 6. The van der Waals surface area contributed by atoms with Crippen molar-refractivity contribution >= 4 is 28.7 Å². The van der Waals surface area contributed by atoms with Crippen LogP contribution in [-0.2, 0) is 20.5 Å². The molecule has 2 aromatic carbocycles. The van der Waals surface area contributed by atoms with E-state index in [1.54, 1.807) is 67.0 Å². The van der Waals surface area contributed by atoms with Crippen LogP contribution in [-0.4, -0.2) is 33.6 Å². The van der Waals surface area contributed by atoms with E-state index in [4.69, 9.17) is 14.7 Å². The van der Waals surface area contributed by atoms with Gasteiger partial charge >= 0.3 is 6.09 Å². The van der Waals surface area contributed by atoms with Crippen molar-refractivity contribution < 1.29 is 28.5 Å². The lowest BCUT2D eigenvalue weighted by atomic mass is 10.0. The fraction of sp³-hybridized carbons (Fsp3) is 0.304. The molecule has 174 valence electrons. The van der Waals surface area contributed by atoms with Gasteiger partial charge in [0.25, 0.3) is 0 Å². The summed E-state index contributed by atoms with van der Waals surface area (Å²) in [6.07, 6.45) is -0.694. The van der Waals surface area contributed by atoms with Crippen molar-refractivity contribution in [3.05, 3.63) is 54.1 Å². The largest absolute Gasteiger partial charge is 0.481 e. The Labute approximate surface area is 194 Å². The molecule has 2 amide bonds. The van der Waals surface area contributed by atoms with Crippen molar-refractivity contribution in [3.8, 4) is 17.7 Å². The molecule has 3 rings (SSSR count). The van der Waals surface area contributed by atoms with E-state index >= 15 is 0 Å². The van der Waals surface area contributed by atoms with Crippen LogP contribution >= 0.6 is 0 Å². The van der Waals surface area contributed by atoms with E-state index in [0.717, 1.165) is 5.56 Å². The Morgan fingerprint density at radius 1 is 1.15 bits per heavy atom. The van der Waals surface area contributed by atoms with Crippen LogP contribution in [0.2, 0.25) is 0 Å². The highest BCUT2D eigenvalue weighted by atomic mass is 32.2. The van der Waals surface area contributed by atoms with Gasteiger partial charge in [-0.3, -0.25) is 14.3 Å². The van der Waals surface area contributed by atoms with Crippen LogP contribution in [0.5, 0.6) is 5.75 Å². The summed E-state index contributed by atoms with van der Waals surface area (Å²) in [5.41, 5.74) is 2.43. The van der Waals surface area contributed by atoms with E-state index in [2.05, 4.69) is 17.3 Å². The van der Waals surface area contributed by atoms with Crippen molar-refractivity contribution in [2.45, 2.75) is 43.7 Å². The summed E-state index contributed by atoms with van der Waals surface area (Å²) < 4.78 is 25.4. The van der Waals surface area contributed by atoms with Gasteiger partial charge in [0.1, 0.15) is 11.4 Å². The molecule has 0 saturated carbocycles. The van der Waals surface area contributed by atoms with Gasteiger partial charge in [-0.15, -0.1) is 0 Å². The van der Waals surface area contributed by atoms with Gasteiger partial charge in [-0.05, 0) is 62.6 Å². The molecule has 2 aromatic rings. The van der Waals surface area contributed by atoms with Gasteiger partial charge < -0.3 is 9.47 Å². The van der Waals surface area contributed by atoms with Crippen LogP contribution in [0.4, 0.5) is 10.5 Å². The lowest BCUT2D eigenvalue weighted by molar-refractivity contribution is -0.129. The van der Waals surface area contributed by atoms with E-state index < -0.39 is 34.6 Å². The zero-order valence-corrected chi connectivity index (χ0v) is 19.3. The molecule has 2 unspecified atom stereocenters. The van der Waals surface area contributed by atoms with Crippen molar-refractivity contribution in [1.29, 1.82) is 0 Å². The summed E-state index contributed by atoms with van der Waals surface area (Å²) in [6, 6.07) is 16.0. The summed E-state index contributed by atoms with van der Waals surface area (Å²) in [5, 5.41) is 11.3. The number of carbonyl (C=O) groups excluding carboxylic acids is 2. The quantitative estimate of drug-likeness (QED) is 0.267. The third kappa shape index (κ3) is 6.25. The molecule has 10 heteroatoms. The Bertz CT molecular complexity index is 1100. The van der Waals surface area contributed by atoms with E-state index in [-0.39, 0.29) is 13.0 Å². The SMILES string of the molecule is CC(C)(C)OC(=O)NC#CCOc1ccc(N2C(CC(=O)NO)c3ccccc3S2=O)cc1. The van der Waals surface area contributed by atoms with Crippen molar-refractivity contribution in [1.82, 2.24) is 10.8 Å².